The summed E-state index contributed by atoms with van der Waals surface area (Å²) in [4.78, 5) is 15.4. The molecule has 4 bridgehead atoms. The second-order valence-corrected chi connectivity index (χ2v) is 12.0. The van der Waals surface area contributed by atoms with Gasteiger partial charge in [0.05, 0.1) is 7.11 Å². The van der Waals surface area contributed by atoms with Crippen LogP contribution in [0.4, 0.5) is 5.69 Å². The summed E-state index contributed by atoms with van der Waals surface area (Å²) in [6.45, 7) is 1.99. The van der Waals surface area contributed by atoms with Crippen LogP contribution in [0, 0.1) is 17.3 Å². The number of rotatable bonds is 5. The van der Waals surface area contributed by atoms with Crippen molar-refractivity contribution >= 4 is 27.5 Å². The van der Waals surface area contributed by atoms with Crippen LogP contribution in [-0.2, 0) is 4.79 Å². The molecule has 1 aromatic carbocycles. The Hall–Kier alpha value is -1.23. The smallest absolute Gasteiger partial charge is 0.220 e. The van der Waals surface area contributed by atoms with Gasteiger partial charge in [-0.15, -0.1) is 0 Å². The molecule has 1 aliphatic heterocycles. The van der Waals surface area contributed by atoms with Gasteiger partial charge in [-0.2, -0.15) is 0 Å². The molecule has 1 heterocycles. The maximum Gasteiger partial charge on any atom is 0.220 e. The summed E-state index contributed by atoms with van der Waals surface area (Å²) in [6, 6.07) is 8.61. The Bertz CT molecular complexity index is 743. The number of hydrogen-bond acceptors (Lipinski definition) is 3. The number of amides is 1. The van der Waals surface area contributed by atoms with Crippen molar-refractivity contribution in [3.05, 3.63) is 24.3 Å². The summed E-state index contributed by atoms with van der Waals surface area (Å²) in [5, 5.41) is 3.40. The lowest BCUT2D eigenvalue weighted by Crippen LogP contribution is -2.54. The molecule has 29 heavy (non-hydrogen) atoms. The van der Waals surface area contributed by atoms with Gasteiger partial charge in [0, 0.05) is 35.6 Å². The van der Waals surface area contributed by atoms with Gasteiger partial charge in [0.1, 0.15) is 5.75 Å². The first-order valence-electron chi connectivity index (χ1n) is 11.3. The summed E-state index contributed by atoms with van der Waals surface area (Å²) >= 11 is 4.07. The average molecular weight is 461 g/mol. The Morgan fingerprint density at radius 2 is 1.79 bits per heavy atom. The normalized spacial score (nSPS) is 36.3. The lowest BCUT2D eigenvalue weighted by atomic mass is 9.48. The van der Waals surface area contributed by atoms with Crippen LogP contribution < -0.4 is 15.0 Å². The highest BCUT2D eigenvalue weighted by Crippen LogP contribution is 2.65. The number of carbonyl (C=O) groups excluding carboxylic acids is 1. The number of alkyl halides is 1. The molecule has 5 aliphatic rings. The molecule has 5 fully saturated rings. The molecule has 158 valence electrons. The number of carbonyl (C=O) groups is 1. The van der Waals surface area contributed by atoms with Crippen molar-refractivity contribution in [1.82, 2.24) is 5.32 Å². The van der Waals surface area contributed by atoms with Gasteiger partial charge in [-0.25, -0.2) is 0 Å². The van der Waals surface area contributed by atoms with Crippen LogP contribution in [-0.4, -0.2) is 36.5 Å². The van der Waals surface area contributed by atoms with Gasteiger partial charge in [-0.05, 0) is 92.9 Å². The highest BCUT2D eigenvalue weighted by molar-refractivity contribution is 9.10. The molecular weight excluding hydrogens is 428 g/mol. The molecule has 2 unspecified atom stereocenters. The predicted molar refractivity (Wildman–Crippen MR) is 120 cm³/mol. The predicted octanol–water partition coefficient (Wildman–Crippen LogP) is 4.90. The van der Waals surface area contributed by atoms with Gasteiger partial charge < -0.3 is 15.0 Å². The van der Waals surface area contributed by atoms with Crippen LogP contribution in [0.2, 0.25) is 0 Å². The number of anilines is 1. The van der Waals surface area contributed by atoms with Crippen molar-refractivity contribution in [2.24, 2.45) is 17.3 Å². The Morgan fingerprint density at radius 3 is 2.38 bits per heavy atom. The van der Waals surface area contributed by atoms with Crippen LogP contribution >= 0.6 is 15.9 Å². The summed E-state index contributed by atoms with van der Waals surface area (Å²) in [5.74, 6) is 2.88. The minimum Gasteiger partial charge on any atom is -0.497 e. The van der Waals surface area contributed by atoms with E-state index in [9.17, 15) is 4.79 Å². The number of piperidine rings is 1. The highest BCUT2D eigenvalue weighted by atomic mass is 79.9. The van der Waals surface area contributed by atoms with E-state index in [1.54, 1.807) is 7.11 Å². The number of benzene rings is 1. The molecule has 1 saturated heterocycles. The number of nitrogens with one attached hydrogen (secondary N) is 1. The number of ether oxygens (including phenoxy) is 1. The van der Waals surface area contributed by atoms with Gasteiger partial charge in [0.25, 0.3) is 0 Å². The molecule has 1 N–H and O–H groups in total. The molecule has 4 saturated carbocycles. The van der Waals surface area contributed by atoms with Gasteiger partial charge in [0.2, 0.25) is 5.91 Å². The first kappa shape index (κ1) is 19.7. The van der Waals surface area contributed by atoms with Gasteiger partial charge in [-0.1, -0.05) is 15.9 Å². The molecule has 1 amide bonds. The molecule has 4 aliphatic carbocycles. The average Bonchev–Trinajstić information content (AvgIpc) is 2.66. The highest BCUT2D eigenvalue weighted by Gasteiger charge is 2.57. The van der Waals surface area contributed by atoms with Crippen LogP contribution in [0.1, 0.15) is 57.8 Å². The topological polar surface area (TPSA) is 41.6 Å². The second kappa shape index (κ2) is 7.47. The molecule has 0 spiro atoms. The van der Waals surface area contributed by atoms with Crippen molar-refractivity contribution in [2.45, 2.75) is 68.2 Å². The molecule has 0 aromatic heterocycles. The molecule has 2 atom stereocenters. The van der Waals surface area contributed by atoms with E-state index in [0.717, 1.165) is 49.9 Å². The Balaban J connectivity index is 1.14. The van der Waals surface area contributed by atoms with Crippen molar-refractivity contribution in [3.8, 4) is 5.75 Å². The molecular formula is C24H33BrN2O2. The van der Waals surface area contributed by atoms with E-state index in [2.05, 4.69) is 38.3 Å². The largest absolute Gasteiger partial charge is 0.497 e. The summed E-state index contributed by atoms with van der Waals surface area (Å²) in [7, 11) is 1.70. The van der Waals surface area contributed by atoms with Crippen molar-refractivity contribution in [1.29, 1.82) is 0 Å². The molecule has 0 radical (unpaired) electrons. The zero-order valence-corrected chi connectivity index (χ0v) is 19.0. The number of methoxy groups -OCH3 is 1. The maximum atomic E-state index is 13.0. The lowest BCUT2D eigenvalue weighted by molar-refractivity contribution is -0.129. The SMILES string of the molecule is COc1ccc(N2CCC(NC(=O)CC34CC5CC(CC(Br)(C5)C3)C4)CC2)cc1. The van der Waals surface area contributed by atoms with E-state index < -0.39 is 0 Å². The Kier molecular flexibility index (Phi) is 5.08. The fourth-order valence-corrected chi connectivity index (χ4v) is 8.75. The minimum absolute atomic E-state index is 0.265. The maximum absolute atomic E-state index is 13.0. The fourth-order valence-electron chi connectivity index (χ4n) is 7.24. The van der Waals surface area contributed by atoms with E-state index >= 15 is 0 Å². The minimum atomic E-state index is 0.265. The van der Waals surface area contributed by atoms with Gasteiger partial charge in [-0.3, -0.25) is 4.79 Å². The monoisotopic (exact) mass is 460 g/mol. The molecule has 4 nitrogen and oxygen atoms in total. The first-order valence-corrected chi connectivity index (χ1v) is 12.1. The quantitative estimate of drug-likeness (QED) is 0.634. The van der Waals surface area contributed by atoms with Crippen LogP contribution in [0.5, 0.6) is 5.75 Å². The summed E-state index contributed by atoms with van der Waals surface area (Å²) in [6.07, 6.45) is 10.6. The van der Waals surface area contributed by atoms with Gasteiger partial charge in [0.15, 0.2) is 0 Å². The Labute approximate surface area is 182 Å². The molecule has 1 aromatic rings. The molecule has 5 heteroatoms. The van der Waals surface area contributed by atoms with E-state index in [0.29, 0.717) is 16.3 Å². The van der Waals surface area contributed by atoms with E-state index in [-0.39, 0.29) is 5.41 Å². The van der Waals surface area contributed by atoms with E-state index in [1.165, 1.54) is 44.2 Å². The van der Waals surface area contributed by atoms with Crippen LogP contribution in [0.3, 0.4) is 0 Å². The molecule has 6 rings (SSSR count). The van der Waals surface area contributed by atoms with Crippen LogP contribution in [0.25, 0.3) is 0 Å². The van der Waals surface area contributed by atoms with E-state index in [1.807, 2.05) is 12.1 Å². The number of hydrogen-bond donors (Lipinski definition) is 1. The number of nitrogens with zero attached hydrogens (tertiary/aromatic N) is 1. The summed E-state index contributed by atoms with van der Waals surface area (Å²) in [5.41, 5.74) is 1.51. The third-order valence-corrected chi connectivity index (χ3v) is 8.87. The van der Waals surface area contributed by atoms with E-state index in [4.69, 9.17) is 4.74 Å². The number of halogens is 1. The van der Waals surface area contributed by atoms with Gasteiger partial charge >= 0.3 is 0 Å². The zero-order valence-electron chi connectivity index (χ0n) is 17.5. The Morgan fingerprint density at radius 1 is 1.14 bits per heavy atom. The van der Waals surface area contributed by atoms with Crippen molar-refractivity contribution in [2.75, 3.05) is 25.1 Å². The third kappa shape index (κ3) is 4.04. The standard InChI is InChI=1S/C24H33BrN2O2/c1-29-21-4-2-20(3-5-21)27-8-6-19(7-9-27)26-22(28)15-23-11-17-10-18(12-23)14-24(25,13-17)16-23/h2-5,17-19H,6-16H2,1H3,(H,26,28). The fraction of sp³-hybridized carbons (Fsp3) is 0.708. The van der Waals surface area contributed by atoms with Crippen molar-refractivity contribution < 1.29 is 9.53 Å². The third-order valence-electron chi connectivity index (χ3n) is 7.94. The summed E-state index contributed by atoms with van der Waals surface area (Å²) < 4.78 is 5.59. The second-order valence-electron chi connectivity index (χ2n) is 10.3. The lowest BCUT2D eigenvalue weighted by Gasteiger charge is -2.60. The zero-order chi connectivity index (χ0) is 20.1. The van der Waals surface area contributed by atoms with Crippen molar-refractivity contribution in [3.63, 3.8) is 0 Å². The van der Waals surface area contributed by atoms with Crippen LogP contribution in [0.15, 0.2) is 24.3 Å². The first-order chi connectivity index (χ1) is 13.9.